The maximum Gasteiger partial charge on any atom is 0.288 e. The van der Waals surface area contributed by atoms with Crippen molar-refractivity contribution < 1.29 is 13.6 Å². The number of hydrogen-bond donors (Lipinski definition) is 2. The smallest absolute Gasteiger partial charge is 0.288 e. The number of halogens is 2. The van der Waals surface area contributed by atoms with Gasteiger partial charge in [0.1, 0.15) is 0 Å². The van der Waals surface area contributed by atoms with Crippen molar-refractivity contribution in [1.82, 2.24) is 5.32 Å². The molecule has 0 bridgehead atoms. The Morgan fingerprint density at radius 2 is 2.05 bits per heavy atom. The van der Waals surface area contributed by atoms with E-state index >= 15 is 0 Å². The van der Waals surface area contributed by atoms with Gasteiger partial charge in [0.2, 0.25) is 5.91 Å². The quantitative estimate of drug-likeness (QED) is 0.837. The number of carbonyl (C=O) groups excluding carboxylic acids is 1. The summed E-state index contributed by atoms with van der Waals surface area (Å²) < 4.78 is 24.4. The van der Waals surface area contributed by atoms with Gasteiger partial charge in [0, 0.05) is 10.6 Å². The summed E-state index contributed by atoms with van der Waals surface area (Å²) in [5.41, 5.74) is 0.0801. The molecule has 1 amide bonds. The monoisotopic (exact) mass is 300 g/mol. The summed E-state index contributed by atoms with van der Waals surface area (Å²) in [5.74, 6) is -2.51. The minimum Gasteiger partial charge on any atom is -0.324 e. The first-order chi connectivity index (χ1) is 9.49. The lowest BCUT2D eigenvalue weighted by Crippen LogP contribution is -2.54. The first-order valence-corrected chi connectivity index (χ1v) is 7.49. The number of rotatable bonds is 4. The Labute approximate surface area is 121 Å². The van der Waals surface area contributed by atoms with Crippen LogP contribution >= 0.6 is 11.8 Å². The number of anilines is 1. The summed E-state index contributed by atoms with van der Waals surface area (Å²) in [7, 11) is 0. The Balaban J connectivity index is 1.97. The zero-order chi connectivity index (χ0) is 14.6. The highest BCUT2D eigenvalue weighted by Gasteiger charge is 2.34. The number of amides is 1. The Morgan fingerprint density at radius 3 is 2.60 bits per heavy atom. The fraction of sp³-hybridized carbons (Fsp3) is 0.500. The zero-order valence-electron chi connectivity index (χ0n) is 11.3. The van der Waals surface area contributed by atoms with E-state index in [0.717, 1.165) is 25.8 Å². The lowest BCUT2D eigenvalue weighted by Gasteiger charge is -2.33. The number of alkyl halides is 2. The highest BCUT2D eigenvalue weighted by atomic mass is 32.2. The van der Waals surface area contributed by atoms with Gasteiger partial charge in [0.25, 0.3) is 5.76 Å². The number of benzene rings is 1. The summed E-state index contributed by atoms with van der Waals surface area (Å²) in [5, 5.41) is 6.07. The molecule has 6 heteroatoms. The Hall–Kier alpha value is -1.14. The van der Waals surface area contributed by atoms with Crippen molar-refractivity contribution in [2.75, 3.05) is 11.9 Å². The van der Waals surface area contributed by atoms with Crippen LogP contribution < -0.4 is 10.6 Å². The molecule has 0 saturated carbocycles. The predicted molar refractivity (Wildman–Crippen MR) is 77.2 cm³/mol. The van der Waals surface area contributed by atoms with Gasteiger partial charge in [-0.15, -0.1) is 0 Å². The van der Waals surface area contributed by atoms with E-state index in [4.69, 9.17) is 0 Å². The molecule has 1 saturated heterocycles. The molecule has 2 N–H and O–H groups in total. The highest BCUT2D eigenvalue weighted by Crippen LogP contribution is 2.27. The minimum absolute atomic E-state index is 0.0773. The largest absolute Gasteiger partial charge is 0.324 e. The zero-order valence-corrected chi connectivity index (χ0v) is 12.1. The Kier molecular flexibility index (Phi) is 4.99. The Morgan fingerprint density at radius 1 is 1.35 bits per heavy atom. The molecule has 0 aromatic heterocycles. The topological polar surface area (TPSA) is 41.1 Å². The molecule has 110 valence electrons. The van der Waals surface area contributed by atoms with Gasteiger partial charge in [-0.05, 0) is 57.0 Å². The van der Waals surface area contributed by atoms with E-state index in [1.165, 1.54) is 0 Å². The molecule has 1 aliphatic rings. The molecule has 1 aromatic rings. The lowest BCUT2D eigenvalue weighted by molar-refractivity contribution is -0.122. The highest BCUT2D eigenvalue weighted by molar-refractivity contribution is 7.99. The molecule has 1 aromatic carbocycles. The van der Waals surface area contributed by atoms with E-state index in [0.29, 0.717) is 22.3 Å². The van der Waals surface area contributed by atoms with Crippen LogP contribution in [0.2, 0.25) is 0 Å². The van der Waals surface area contributed by atoms with Crippen LogP contribution in [0.3, 0.4) is 0 Å². The summed E-state index contributed by atoms with van der Waals surface area (Å²) >= 11 is 0.495. The molecule has 1 aliphatic heterocycles. The number of thioether (sulfide) groups is 1. The van der Waals surface area contributed by atoms with Crippen molar-refractivity contribution in [2.45, 2.75) is 42.4 Å². The maximum absolute atomic E-state index is 12.3. The van der Waals surface area contributed by atoms with E-state index < -0.39 is 11.3 Å². The van der Waals surface area contributed by atoms with Crippen LogP contribution in [0.4, 0.5) is 14.5 Å². The van der Waals surface area contributed by atoms with Crippen molar-refractivity contribution in [2.24, 2.45) is 0 Å². The third kappa shape index (κ3) is 3.93. The minimum atomic E-state index is -2.43. The summed E-state index contributed by atoms with van der Waals surface area (Å²) in [6.07, 6.45) is 2.92. The summed E-state index contributed by atoms with van der Waals surface area (Å²) in [6, 6.07) is 6.47. The van der Waals surface area contributed by atoms with E-state index in [9.17, 15) is 13.6 Å². The number of piperidine rings is 1. The first kappa shape index (κ1) is 15.3. The second kappa shape index (κ2) is 6.54. The molecule has 0 spiro atoms. The van der Waals surface area contributed by atoms with E-state index in [2.05, 4.69) is 10.6 Å². The molecule has 20 heavy (non-hydrogen) atoms. The average Bonchev–Trinajstić information content (AvgIpc) is 2.41. The maximum atomic E-state index is 12.3. The van der Waals surface area contributed by atoms with Gasteiger partial charge >= 0.3 is 0 Å². The fourth-order valence-electron chi connectivity index (χ4n) is 2.24. The second-order valence-electron chi connectivity index (χ2n) is 5.07. The van der Waals surface area contributed by atoms with E-state index in [1.807, 2.05) is 6.92 Å². The van der Waals surface area contributed by atoms with Crippen molar-refractivity contribution in [3.8, 4) is 0 Å². The molecule has 1 heterocycles. The van der Waals surface area contributed by atoms with Crippen LogP contribution in [0.5, 0.6) is 0 Å². The number of hydrogen-bond acceptors (Lipinski definition) is 3. The van der Waals surface area contributed by atoms with Crippen LogP contribution in [0.1, 0.15) is 26.2 Å². The molecule has 2 rings (SSSR count). The third-order valence-electron chi connectivity index (χ3n) is 3.46. The van der Waals surface area contributed by atoms with Crippen molar-refractivity contribution in [3.63, 3.8) is 0 Å². The van der Waals surface area contributed by atoms with Crippen LogP contribution in [0.15, 0.2) is 29.2 Å². The SMILES string of the molecule is CC1(C(=O)Nc2ccc(SC(F)F)cc2)CCCCN1. The standard InChI is InChI=1S/C14H18F2N2OS/c1-14(8-2-3-9-17-14)12(19)18-10-4-6-11(7-5-10)20-13(15)16/h4-7,13,17H,2-3,8-9H2,1H3,(H,18,19). The molecule has 3 nitrogen and oxygen atoms in total. The fourth-order valence-corrected chi connectivity index (χ4v) is 2.74. The molecule has 0 radical (unpaired) electrons. The molecular weight excluding hydrogens is 282 g/mol. The van der Waals surface area contributed by atoms with Gasteiger partial charge in [0.15, 0.2) is 0 Å². The van der Waals surface area contributed by atoms with Gasteiger partial charge in [-0.2, -0.15) is 8.78 Å². The van der Waals surface area contributed by atoms with Gasteiger partial charge < -0.3 is 10.6 Å². The summed E-state index contributed by atoms with van der Waals surface area (Å²) in [4.78, 5) is 12.7. The molecular formula is C14H18F2N2OS. The molecule has 1 unspecified atom stereocenters. The van der Waals surface area contributed by atoms with Crippen LogP contribution in [-0.4, -0.2) is 23.7 Å². The first-order valence-electron chi connectivity index (χ1n) is 6.61. The normalized spacial score (nSPS) is 22.8. The molecule has 1 fully saturated rings. The van der Waals surface area contributed by atoms with Crippen LogP contribution in [0.25, 0.3) is 0 Å². The third-order valence-corrected chi connectivity index (χ3v) is 4.18. The lowest BCUT2D eigenvalue weighted by atomic mass is 9.90. The van der Waals surface area contributed by atoms with E-state index in [-0.39, 0.29) is 5.91 Å². The molecule has 1 atom stereocenters. The average molecular weight is 300 g/mol. The van der Waals surface area contributed by atoms with Gasteiger partial charge in [-0.1, -0.05) is 11.8 Å². The second-order valence-corrected chi connectivity index (χ2v) is 6.14. The van der Waals surface area contributed by atoms with Crippen molar-refractivity contribution >= 4 is 23.4 Å². The predicted octanol–water partition coefficient (Wildman–Crippen LogP) is 3.47. The van der Waals surface area contributed by atoms with Gasteiger partial charge in [0.05, 0.1) is 5.54 Å². The molecule has 0 aliphatic carbocycles. The number of carbonyl (C=O) groups is 1. The number of nitrogens with one attached hydrogen (secondary N) is 2. The van der Waals surface area contributed by atoms with Gasteiger partial charge in [-0.3, -0.25) is 4.79 Å². The van der Waals surface area contributed by atoms with Crippen molar-refractivity contribution in [1.29, 1.82) is 0 Å². The van der Waals surface area contributed by atoms with Crippen molar-refractivity contribution in [3.05, 3.63) is 24.3 Å². The Bertz CT molecular complexity index is 459. The van der Waals surface area contributed by atoms with Crippen LogP contribution in [-0.2, 0) is 4.79 Å². The van der Waals surface area contributed by atoms with Crippen LogP contribution in [0, 0.1) is 0 Å². The van der Waals surface area contributed by atoms with E-state index in [1.54, 1.807) is 24.3 Å². The summed E-state index contributed by atoms with van der Waals surface area (Å²) in [6.45, 7) is 2.73. The van der Waals surface area contributed by atoms with Gasteiger partial charge in [-0.25, -0.2) is 0 Å².